The van der Waals surface area contributed by atoms with Gasteiger partial charge in [0.25, 0.3) is 0 Å². The van der Waals surface area contributed by atoms with Gasteiger partial charge >= 0.3 is 0 Å². The van der Waals surface area contributed by atoms with Gasteiger partial charge in [0.05, 0.1) is 24.8 Å². The summed E-state index contributed by atoms with van der Waals surface area (Å²) < 4.78 is 25.0. The van der Waals surface area contributed by atoms with Crippen LogP contribution in [-0.2, 0) is 9.47 Å². The van der Waals surface area contributed by atoms with Crippen molar-refractivity contribution in [1.29, 1.82) is 5.26 Å². The van der Waals surface area contributed by atoms with Gasteiger partial charge in [-0.3, -0.25) is 0 Å². The third kappa shape index (κ3) is 3.52. The second-order valence-electron chi connectivity index (χ2n) is 4.85. The molecule has 0 aliphatic carbocycles. The minimum absolute atomic E-state index is 0.304. The van der Waals surface area contributed by atoms with E-state index in [9.17, 15) is 4.39 Å². The minimum Gasteiger partial charge on any atom is -0.348 e. The molecule has 0 bridgehead atoms. The Morgan fingerprint density at radius 1 is 1.37 bits per heavy atom. The van der Waals surface area contributed by atoms with Crippen LogP contribution in [0.4, 0.5) is 4.39 Å². The fourth-order valence-corrected chi connectivity index (χ4v) is 2.17. The highest BCUT2D eigenvalue weighted by atomic mass is 19.1. The zero-order valence-electron chi connectivity index (χ0n) is 11.1. The predicted molar refractivity (Wildman–Crippen MR) is 68.8 cm³/mol. The van der Waals surface area contributed by atoms with Gasteiger partial charge in [0.1, 0.15) is 5.82 Å². The fourth-order valence-electron chi connectivity index (χ4n) is 2.17. The Hall–Kier alpha value is -1.44. The molecule has 0 radical (unpaired) electrons. The van der Waals surface area contributed by atoms with Crippen LogP contribution in [0, 0.1) is 23.1 Å². The van der Waals surface area contributed by atoms with Gasteiger partial charge in [-0.05, 0) is 24.6 Å². The molecule has 0 atom stereocenters. The van der Waals surface area contributed by atoms with Crippen molar-refractivity contribution in [1.82, 2.24) is 0 Å². The highest BCUT2D eigenvalue weighted by Gasteiger charge is 2.25. The van der Waals surface area contributed by atoms with Gasteiger partial charge in [-0.25, -0.2) is 4.39 Å². The van der Waals surface area contributed by atoms with Crippen molar-refractivity contribution >= 4 is 0 Å². The number of ether oxygens (including phenoxy) is 2. The van der Waals surface area contributed by atoms with Crippen molar-refractivity contribution < 1.29 is 13.9 Å². The molecule has 1 aromatic carbocycles. The quantitative estimate of drug-likeness (QED) is 0.834. The Balaban J connectivity index is 1.96. The smallest absolute Gasteiger partial charge is 0.186 e. The summed E-state index contributed by atoms with van der Waals surface area (Å²) in [4.78, 5) is 0. The molecule has 3 nitrogen and oxygen atoms in total. The van der Waals surface area contributed by atoms with Gasteiger partial charge in [0.15, 0.2) is 6.29 Å². The maximum absolute atomic E-state index is 13.8. The summed E-state index contributed by atoms with van der Waals surface area (Å²) in [6.45, 7) is 3.35. The molecular weight excluding hydrogens is 245 g/mol. The van der Waals surface area contributed by atoms with E-state index in [0.717, 1.165) is 19.3 Å². The zero-order valence-corrected chi connectivity index (χ0v) is 11.1. The standard InChI is InChI=1S/C15H18FNO2/c1-2-3-4-12-9-18-15(19-10-12)13-6-5-11(8-17)7-14(13)16/h5-7,12,15H,2-4,9-10H2,1H3. The lowest BCUT2D eigenvalue weighted by atomic mass is 10.0. The molecule has 0 N–H and O–H groups in total. The number of hydrogen-bond acceptors (Lipinski definition) is 3. The van der Waals surface area contributed by atoms with Crippen molar-refractivity contribution in [3.63, 3.8) is 0 Å². The van der Waals surface area contributed by atoms with Gasteiger partial charge in [-0.15, -0.1) is 0 Å². The van der Waals surface area contributed by atoms with E-state index in [4.69, 9.17) is 14.7 Å². The molecule has 1 aliphatic heterocycles. The number of halogens is 1. The van der Waals surface area contributed by atoms with Crippen LogP contribution >= 0.6 is 0 Å². The number of nitrogens with zero attached hydrogens (tertiary/aromatic N) is 1. The van der Waals surface area contributed by atoms with Crippen LogP contribution in [0.1, 0.15) is 43.6 Å². The lowest BCUT2D eigenvalue weighted by Crippen LogP contribution is -2.27. The molecule has 0 unspecified atom stereocenters. The first kappa shape index (κ1) is 14.0. The van der Waals surface area contributed by atoms with Gasteiger partial charge in [-0.2, -0.15) is 5.26 Å². The maximum Gasteiger partial charge on any atom is 0.186 e. The summed E-state index contributed by atoms with van der Waals surface area (Å²) in [5.41, 5.74) is 0.672. The summed E-state index contributed by atoms with van der Waals surface area (Å²) in [6.07, 6.45) is 2.75. The largest absolute Gasteiger partial charge is 0.348 e. The third-order valence-corrected chi connectivity index (χ3v) is 3.32. The van der Waals surface area contributed by atoms with E-state index < -0.39 is 12.1 Å². The van der Waals surface area contributed by atoms with Gasteiger partial charge in [0, 0.05) is 11.5 Å². The number of unbranched alkanes of at least 4 members (excludes halogenated alkanes) is 1. The molecule has 1 fully saturated rings. The normalized spacial score (nSPS) is 23.0. The molecule has 1 saturated heterocycles. The number of benzene rings is 1. The SMILES string of the molecule is CCCCC1COC(c2ccc(C#N)cc2F)OC1. The van der Waals surface area contributed by atoms with E-state index in [-0.39, 0.29) is 0 Å². The number of hydrogen-bond donors (Lipinski definition) is 0. The first-order chi connectivity index (χ1) is 9.24. The monoisotopic (exact) mass is 263 g/mol. The zero-order chi connectivity index (χ0) is 13.7. The van der Waals surface area contributed by atoms with Crippen LogP contribution in [0.15, 0.2) is 18.2 Å². The molecule has 0 amide bonds. The molecule has 1 aromatic rings. The molecule has 102 valence electrons. The highest BCUT2D eigenvalue weighted by Crippen LogP contribution is 2.29. The van der Waals surface area contributed by atoms with Crippen LogP contribution in [-0.4, -0.2) is 13.2 Å². The first-order valence-electron chi connectivity index (χ1n) is 6.67. The third-order valence-electron chi connectivity index (χ3n) is 3.32. The van der Waals surface area contributed by atoms with Crippen molar-refractivity contribution in [2.75, 3.05) is 13.2 Å². The maximum atomic E-state index is 13.8. The molecule has 1 heterocycles. The lowest BCUT2D eigenvalue weighted by molar-refractivity contribution is -0.207. The van der Waals surface area contributed by atoms with Crippen molar-refractivity contribution in [3.05, 3.63) is 35.1 Å². The van der Waals surface area contributed by atoms with Crippen molar-refractivity contribution in [2.24, 2.45) is 5.92 Å². The number of rotatable bonds is 4. The van der Waals surface area contributed by atoms with E-state index in [1.807, 2.05) is 6.07 Å². The molecule has 0 saturated carbocycles. The van der Waals surface area contributed by atoms with Crippen LogP contribution in [0.2, 0.25) is 0 Å². The second-order valence-corrected chi connectivity index (χ2v) is 4.85. The molecule has 2 rings (SSSR count). The molecule has 4 heteroatoms. The fraction of sp³-hybridized carbons (Fsp3) is 0.533. The van der Waals surface area contributed by atoms with Crippen LogP contribution < -0.4 is 0 Å². The van der Waals surface area contributed by atoms with E-state index in [2.05, 4.69) is 6.92 Å². The number of nitriles is 1. The van der Waals surface area contributed by atoms with E-state index in [1.165, 1.54) is 6.07 Å². The van der Waals surface area contributed by atoms with Gasteiger partial charge in [-0.1, -0.05) is 19.8 Å². The van der Waals surface area contributed by atoms with Gasteiger partial charge in [0.2, 0.25) is 0 Å². The highest BCUT2D eigenvalue weighted by molar-refractivity contribution is 5.33. The summed E-state index contributed by atoms with van der Waals surface area (Å²) in [6, 6.07) is 6.26. The van der Waals surface area contributed by atoms with E-state index >= 15 is 0 Å². The average molecular weight is 263 g/mol. The topological polar surface area (TPSA) is 42.2 Å². The van der Waals surface area contributed by atoms with E-state index in [1.54, 1.807) is 12.1 Å². The second kappa shape index (κ2) is 6.65. The Morgan fingerprint density at radius 3 is 2.68 bits per heavy atom. The minimum atomic E-state index is -0.648. The van der Waals surface area contributed by atoms with Crippen LogP contribution in [0.25, 0.3) is 0 Å². The molecule has 0 spiro atoms. The molecule has 0 aromatic heterocycles. The van der Waals surface area contributed by atoms with Crippen molar-refractivity contribution in [3.8, 4) is 6.07 Å². The Morgan fingerprint density at radius 2 is 2.11 bits per heavy atom. The molecule has 1 aliphatic rings. The van der Waals surface area contributed by atoms with Gasteiger partial charge < -0.3 is 9.47 Å². The Kier molecular flexibility index (Phi) is 4.89. The summed E-state index contributed by atoms with van der Waals surface area (Å²) in [7, 11) is 0. The molecule has 19 heavy (non-hydrogen) atoms. The Labute approximate surface area is 112 Å². The summed E-state index contributed by atoms with van der Waals surface area (Å²) in [5.74, 6) is -0.0475. The average Bonchev–Trinajstić information content (AvgIpc) is 2.45. The van der Waals surface area contributed by atoms with Crippen LogP contribution in [0.5, 0.6) is 0 Å². The predicted octanol–water partition coefficient (Wildman–Crippen LogP) is 3.55. The van der Waals surface area contributed by atoms with Crippen molar-refractivity contribution in [2.45, 2.75) is 32.5 Å². The Bertz CT molecular complexity index is 462. The first-order valence-corrected chi connectivity index (χ1v) is 6.67. The van der Waals surface area contributed by atoms with E-state index in [0.29, 0.717) is 30.3 Å². The molecular formula is C15H18FNO2. The van der Waals surface area contributed by atoms with Crippen LogP contribution in [0.3, 0.4) is 0 Å². The summed E-state index contributed by atoms with van der Waals surface area (Å²) >= 11 is 0. The summed E-state index contributed by atoms with van der Waals surface area (Å²) in [5, 5.41) is 8.70. The lowest BCUT2D eigenvalue weighted by Gasteiger charge is -2.29.